The van der Waals surface area contributed by atoms with Crippen LogP contribution in [-0.2, 0) is 14.3 Å². The number of nitrogens with one attached hydrogen (secondary N) is 1. The van der Waals surface area contributed by atoms with E-state index in [-0.39, 0.29) is 36.5 Å². The van der Waals surface area contributed by atoms with Gasteiger partial charge >= 0.3 is 0 Å². The van der Waals surface area contributed by atoms with Gasteiger partial charge in [0.2, 0.25) is 5.91 Å². The third-order valence-corrected chi connectivity index (χ3v) is 5.32. The van der Waals surface area contributed by atoms with Gasteiger partial charge in [0.25, 0.3) is 5.91 Å². The van der Waals surface area contributed by atoms with E-state index in [9.17, 15) is 9.59 Å². The van der Waals surface area contributed by atoms with E-state index in [0.29, 0.717) is 30.2 Å². The second kappa shape index (κ2) is 10.6. The highest BCUT2D eigenvalue weighted by atomic mass is 16.5. The normalized spacial score (nSPS) is 24.1. The van der Waals surface area contributed by atoms with Crippen LogP contribution in [0.5, 0.6) is 5.75 Å². The van der Waals surface area contributed by atoms with Gasteiger partial charge in [0.05, 0.1) is 11.7 Å². The Morgan fingerprint density at radius 3 is 2.62 bits per heavy atom. The van der Waals surface area contributed by atoms with E-state index in [0.717, 1.165) is 6.54 Å². The molecule has 8 nitrogen and oxygen atoms in total. The van der Waals surface area contributed by atoms with Crippen LogP contribution in [-0.4, -0.2) is 88.4 Å². The smallest absolute Gasteiger partial charge is 0.257 e. The molecular weight excluding hydrogens is 374 g/mol. The zero-order valence-electron chi connectivity index (χ0n) is 18.2. The van der Waals surface area contributed by atoms with Crippen molar-refractivity contribution >= 4 is 17.5 Å². The molecule has 3 atom stereocenters. The van der Waals surface area contributed by atoms with Crippen molar-refractivity contribution in [2.45, 2.75) is 26.0 Å². The van der Waals surface area contributed by atoms with E-state index in [1.807, 2.05) is 0 Å². The van der Waals surface area contributed by atoms with Gasteiger partial charge in [-0.3, -0.25) is 14.5 Å². The van der Waals surface area contributed by atoms with Gasteiger partial charge in [-0.25, -0.2) is 0 Å². The molecule has 8 heteroatoms. The van der Waals surface area contributed by atoms with Crippen LogP contribution < -0.4 is 10.1 Å². The second-order valence-electron chi connectivity index (χ2n) is 7.73. The fraction of sp³-hybridized carbons (Fsp3) is 0.619. The van der Waals surface area contributed by atoms with Crippen molar-refractivity contribution in [3.63, 3.8) is 0 Å². The van der Waals surface area contributed by atoms with Crippen LogP contribution in [0.15, 0.2) is 18.2 Å². The number of fused-ring (bicyclic) bond motifs is 1. The highest BCUT2D eigenvalue weighted by molar-refractivity contribution is 5.99. The van der Waals surface area contributed by atoms with Crippen LogP contribution in [0.4, 0.5) is 5.69 Å². The first-order chi connectivity index (χ1) is 13.8. The summed E-state index contributed by atoms with van der Waals surface area (Å²) in [5, 5.41) is 2.73. The summed E-state index contributed by atoms with van der Waals surface area (Å²) >= 11 is 0. The number of rotatable bonds is 4. The molecule has 0 bridgehead atoms. The third-order valence-electron chi connectivity index (χ3n) is 5.32. The van der Waals surface area contributed by atoms with E-state index in [4.69, 9.17) is 14.2 Å². The lowest BCUT2D eigenvalue weighted by Gasteiger charge is -2.34. The summed E-state index contributed by atoms with van der Waals surface area (Å²) < 4.78 is 16.5. The molecule has 0 fully saturated rings. The molecule has 0 aliphatic carbocycles. The topological polar surface area (TPSA) is 80.3 Å². The fourth-order valence-electron chi connectivity index (χ4n) is 3.36. The molecule has 1 aromatic carbocycles. The fourth-order valence-corrected chi connectivity index (χ4v) is 3.36. The van der Waals surface area contributed by atoms with Crippen LogP contribution >= 0.6 is 0 Å². The lowest BCUT2D eigenvalue weighted by atomic mass is 10.0. The summed E-state index contributed by atoms with van der Waals surface area (Å²) in [6, 6.07) is 5.25. The maximum absolute atomic E-state index is 13.2. The van der Waals surface area contributed by atoms with Gasteiger partial charge in [0, 0.05) is 46.1 Å². The number of hydrogen-bond donors (Lipinski definition) is 1. The van der Waals surface area contributed by atoms with Gasteiger partial charge < -0.3 is 24.4 Å². The molecule has 0 saturated carbocycles. The van der Waals surface area contributed by atoms with Gasteiger partial charge in [-0.2, -0.15) is 0 Å². The highest BCUT2D eigenvalue weighted by Gasteiger charge is 2.27. The van der Waals surface area contributed by atoms with Crippen molar-refractivity contribution in [1.29, 1.82) is 0 Å². The van der Waals surface area contributed by atoms with E-state index in [1.54, 1.807) is 37.3 Å². The van der Waals surface area contributed by atoms with Crippen LogP contribution in [0.2, 0.25) is 0 Å². The molecular formula is C21H33N3O5. The summed E-state index contributed by atoms with van der Waals surface area (Å²) in [7, 11) is 6.94. The summed E-state index contributed by atoms with van der Waals surface area (Å²) in [5.41, 5.74) is 0.922. The van der Waals surface area contributed by atoms with Crippen molar-refractivity contribution in [1.82, 2.24) is 9.80 Å². The van der Waals surface area contributed by atoms with Gasteiger partial charge in [-0.1, -0.05) is 6.92 Å². The summed E-state index contributed by atoms with van der Waals surface area (Å²) in [6.07, 6.45) is -0.0908. The van der Waals surface area contributed by atoms with Crippen molar-refractivity contribution in [3.05, 3.63) is 23.8 Å². The molecule has 2 amide bonds. The molecule has 162 valence electrons. The Labute approximate surface area is 173 Å². The van der Waals surface area contributed by atoms with Crippen molar-refractivity contribution in [2.24, 2.45) is 5.92 Å². The Morgan fingerprint density at radius 2 is 1.97 bits per heavy atom. The average molecular weight is 408 g/mol. The summed E-state index contributed by atoms with van der Waals surface area (Å²) in [6.45, 7) is 5.90. The highest BCUT2D eigenvalue weighted by Crippen LogP contribution is 2.26. The van der Waals surface area contributed by atoms with E-state index in [2.05, 4.69) is 31.1 Å². The molecule has 1 aliphatic rings. The minimum absolute atomic E-state index is 0.0569. The molecule has 0 radical (unpaired) electrons. The average Bonchev–Trinajstić information content (AvgIpc) is 2.69. The van der Waals surface area contributed by atoms with Crippen LogP contribution in [0.25, 0.3) is 0 Å². The zero-order valence-corrected chi connectivity index (χ0v) is 18.2. The first-order valence-corrected chi connectivity index (χ1v) is 9.80. The standard InChI is InChI=1S/C21H33N3O5/c1-14-10-23(3)15(2)12-29-18-8-7-16(22-20(25)13-27-5)9-17(18)21(26)24(4)11-19(14)28-6/h7-9,14-15,19H,10-13H2,1-6H3,(H,22,25)/t14-,15-,19+/m0/s1. The zero-order chi connectivity index (χ0) is 21.6. The SMILES string of the molecule is COCC(=O)Nc1ccc2c(c1)C(=O)N(C)C[C@@H](OC)[C@@H](C)CN(C)[C@@H](C)CO2. The molecule has 0 saturated heterocycles. The summed E-state index contributed by atoms with van der Waals surface area (Å²) in [4.78, 5) is 28.9. The molecule has 0 unspecified atom stereocenters. The number of carbonyl (C=O) groups is 2. The number of carbonyl (C=O) groups excluding carboxylic acids is 2. The summed E-state index contributed by atoms with van der Waals surface area (Å²) in [5.74, 6) is 0.264. The Balaban J connectivity index is 2.37. The van der Waals surface area contributed by atoms with Crippen molar-refractivity contribution in [3.8, 4) is 5.75 Å². The Hall–Kier alpha value is -2.16. The molecule has 2 rings (SSSR count). The third kappa shape index (κ3) is 6.16. The molecule has 0 aromatic heterocycles. The van der Waals surface area contributed by atoms with E-state index >= 15 is 0 Å². The predicted molar refractivity (Wildman–Crippen MR) is 111 cm³/mol. The van der Waals surface area contributed by atoms with Gasteiger partial charge in [0.15, 0.2) is 0 Å². The monoisotopic (exact) mass is 407 g/mol. The number of anilines is 1. The van der Waals surface area contributed by atoms with Crippen LogP contribution in [0.3, 0.4) is 0 Å². The minimum atomic E-state index is -0.286. The van der Waals surface area contributed by atoms with Gasteiger partial charge in [0.1, 0.15) is 19.0 Å². The number of amides is 2. The quantitative estimate of drug-likeness (QED) is 0.819. The molecule has 1 heterocycles. The number of ether oxygens (including phenoxy) is 3. The number of nitrogens with zero attached hydrogens (tertiary/aromatic N) is 2. The molecule has 1 aromatic rings. The number of benzene rings is 1. The first kappa shape index (κ1) is 23.1. The largest absolute Gasteiger partial charge is 0.491 e. The van der Waals surface area contributed by atoms with Crippen molar-refractivity contribution in [2.75, 3.05) is 59.9 Å². The lowest BCUT2D eigenvalue weighted by Crippen LogP contribution is -2.45. The lowest BCUT2D eigenvalue weighted by molar-refractivity contribution is -0.119. The van der Waals surface area contributed by atoms with Crippen LogP contribution in [0.1, 0.15) is 24.2 Å². The molecule has 1 N–H and O–H groups in total. The minimum Gasteiger partial charge on any atom is -0.491 e. The van der Waals surface area contributed by atoms with E-state index < -0.39 is 0 Å². The number of methoxy groups -OCH3 is 2. The number of hydrogen-bond acceptors (Lipinski definition) is 6. The van der Waals surface area contributed by atoms with Gasteiger partial charge in [-0.15, -0.1) is 0 Å². The maximum Gasteiger partial charge on any atom is 0.257 e. The van der Waals surface area contributed by atoms with E-state index in [1.165, 1.54) is 7.11 Å². The first-order valence-electron chi connectivity index (χ1n) is 9.80. The molecule has 0 spiro atoms. The molecule has 29 heavy (non-hydrogen) atoms. The molecule has 1 aliphatic heterocycles. The maximum atomic E-state index is 13.2. The Morgan fingerprint density at radius 1 is 1.24 bits per heavy atom. The predicted octanol–water partition coefficient (Wildman–Crippen LogP) is 1.71. The second-order valence-corrected chi connectivity index (χ2v) is 7.73. The number of likely N-dealkylation sites (N-methyl/N-ethyl adjacent to an activating group) is 2. The van der Waals surface area contributed by atoms with Gasteiger partial charge in [-0.05, 0) is 38.1 Å². The Kier molecular flexibility index (Phi) is 8.43. The van der Waals surface area contributed by atoms with Crippen molar-refractivity contribution < 1.29 is 23.8 Å². The Bertz CT molecular complexity index is 712. The van der Waals surface area contributed by atoms with Crippen LogP contribution in [0, 0.1) is 5.92 Å².